The number of anilines is 1. The number of non-ortho nitro benzene ring substituents is 1. The molecule has 0 aliphatic carbocycles. The minimum Gasteiger partial charge on any atom is -0.383 e. The molecule has 18 heavy (non-hydrogen) atoms. The van der Waals surface area contributed by atoms with Gasteiger partial charge in [-0.05, 0) is 35.0 Å². The molecule has 0 bridgehead atoms. The topological polar surface area (TPSA) is 94.9 Å². The van der Waals surface area contributed by atoms with E-state index in [1.165, 1.54) is 12.1 Å². The number of rotatable bonds is 2. The predicted octanol–water partition coefficient (Wildman–Crippen LogP) is 2.70. The van der Waals surface area contributed by atoms with Gasteiger partial charge in [0.05, 0.1) is 15.1 Å². The molecule has 2 aromatic rings. The Morgan fingerprint density at radius 2 is 1.89 bits per heavy atom. The number of nitrogen functional groups attached to an aromatic ring is 1. The molecule has 0 radical (unpaired) electrons. The van der Waals surface area contributed by atoms with Crippen LogP contribution in [0.15, 0.2) is 28.7 Å². The van der Waals surface area contributed by atoms with Crippen LogP contribution in [0.1, 0.15) is 5.69 Å². The van der Waals surface area contributed by atoms with Gasteiger partial charge in [0.15, 0.2) is 5.82 Å². The van der Waals surface area contributed by atoms with Gasteiger partial charge < -0.3 is 5.73 Å². The minimum atomic E-state index is -0.453. The zero-order chi connectivity index (χ0) is 13.3. The summed E-state index contributed by atoms with van der Waals surface area (Å²) in [7, 11) is 0. The van der Waals surface area contributed by atoms with E-state index in [0.717, 1.165) is 5.69 Å². The second-order valence-corrected chi connectivity index (χ2v) is 4.43. The van der Waals surface area contributed by atoms with Crippen LogP contribution in [0, 0.1) is 17.0 Å². The fourth-order valence-corrected chi connectivity index (χ4v) is 1.62. The summed E-state index contributed by atoms with van der Waals surface area (Å²) in [5.74, 6) is 0.791. The number of nitrogens with two attached hydrogens (primary N) is 1. The number of nitro groups is 1. The highest BCUT2D eigenvalue weighted by Crippen LogP contribution is 2.25. The summed E-state index contributed by atoms with van der Waals surface area (Å²) in [6.45, 7) is 1.80. The second-order valence-electron chi connectivity index (χ2n) is 3.64. The van der Waals surface area contributed by atoms with Gasteiger partial charge in [0.2, 0.25) is 0 Å². The van der Waals surface area contributed by atoms with Gasteiger partial charge in [0.25, 0.3) is 5.69 Å². The van der Waals surface area contributed by atoms with Crippen LogP contribution in [0.25, 0.3) is 11.4 Å². The number of hydrogen-bond donors (Lipinski definition) is 1. The van der Waals surface area contributed by atoms with Crippen molar-refractivity contribution in [2.24, 2.45) is 0 Å². The largest absolute Gasteiger partial charge is 0.383 e. The van der Waals surface area contributed by atoms with E-state index in [2.05, 4.69) is 25.9 Å². The van der Waals surface area contributed by atoms with Crippen molar-refractivity contribution in [3.05, 3.63) is 44.5 Å². The average molecular weight is 309 g/mol. The zero-order valence-electron chi connectivity index (χ0n) is 9.42. The molecule has 2 rings (SSSR count). The average Bonchev–Trinajstić information content (AvgIpc) is 2.35. The maximum absolute atomic E-state index is 10.5. The Balaban J connectivity index is 2.46. The van der Waals surface area contributed by atoms with E-state index in [1.807, 2.05) is 0 Å². The Labute approximate surface area is 111 Å². The number of nitrogens with zero attached hydrogens (tertiary/aromatic N) is 3. The van der Waals surface area contributed by atoms with Gasteiger partial charge in [-0.2, -0.15) is 0 Å². The molecule has 0 amide bonds. The van der Waals surface area contributed by atoms with E-state index >= 15 is 0 Å². The van der Waals surface area contributed by atoms with E-state index < -0.39 is 4.92 Å². The lowest BCUT2D eigenvalue weighted by Gasteiger charge is -2.05. The van der Waals surface area contributed by atoms with Gasteiger partial charge in [0.1, 0.15) is 5.82 Å². The highest BCUT2D eigenvalue weighted by atomic mass is 79.9. The van der Waals surface area contributed by atoms with Crippen molar-refractivity contribution in [2.45, 2.75) is 6.92 Å². The van der Waals surface area contributed by atoms with E-state index in [9.17, 15) is 10.1 Å². The zero-order valence-corrected chi connectivity index (χ0v) is 11.0. The maximum Gasteiger partial charge on any atom is 0.269 e. The number of nitro benzene ring substituents is 1. The van der Waals surface area contributed by atoms with Crippen LogP contribution in [0.5, 0.6) is 0 Å². The van der Waals surface area contributed by atoms with Gasteiger partial charge in [0, 0.05) is 17.7 Å². The molecule has 0 atom stereocenters. The van der Waals surface area contributed by atoms with Crippen molar-refractivity contribution < 1.29 is 4.92 Å². The Morgan fingerprint density at radius 3 is 2.39 bits per heavy atom. The molecule has 0 aliphatic heterocycles. The minimum absolute atomic E-state index is 0.0283. The van der Waals surface area contributed by atoms with Crippen molar-refractivity contribution in [3.8, 4) is 11.4 Å². The highest BCUT2D eigenvalue weighted by Gasteiger charge is 2.10. The lowest BCUT2D eigenvalue weighted by Crippen LogP contribution is -2.00. The molecule has 0 saturated heterocycles. The van der Waals surface area contributed by atoms with E-state index in [4.69, 9.17) is 5.73 Å². The normalized spacial score (nSPS) is 10.3. The number of aromatic nitrogens is 2. The molecule has 6 nitrogen and oxygen atoms in total. The SMILES string of the molecule is Cc1nc(-c2ccc([N+](=O)[O-])cc2)nc(N)c1Br. The third-order valence-corrected chi connectivity index (χ3v) is 3.36. The molecule has 7 heteroatoms. The predicted molar refractivity (Wildman–Crippen MR) is 71.0 cm³/mol. The van der Waals surface area contributed by atoms with Gasteiger partial charge in [-0.3, -0.25) is 10.1 Å². The van der Waals surface area contributed by atoms with E-state index in [0.29, 0.717) is 21.7 Å². The van der Waals surface area contributed by atoms with Crippen LogP contribution < -0.4 is 5.73 Å². The Kier molecular flexibility index (Phi) is 3.24. The molecule has 92 valence electrons. The van der Waals surface area contributed by atoms with E-state index in [1.54, 1.807) is 19.1 Å². The van der Waals surface area contributed by atoms with Crippen molar-refractivity contribution >= 4 is 27.4 Å². The summed E-state index contributed by atoms with van der Waals surface area (Å²) in [6.07, 6.45) is 0. The Bertz CT molecular complexity index is 590. The van der Waals surface area contributed by atoms with Gasteiger partial charge in [-0.1, -0.05) is 0 Å². The number of halogens is 1. The molecule has 1 aromatic heterocycles. The standard InChI is InChI=1S/C11H9BrN4O2/c1-6-9(12)10(13)15-11(14-6)7-2-4-8(5-3-7)16(17)18/h2-5H,1H3,(H2,13,14,15). The lowest BCUT2D eigenvalue weighted by atomic mass is 10.2. The third kappa shape index (κ3) is 2.30. The summed E-state index contributed by atoms with van der Waals surface area (Å²) in [4.78, 5) is 18.5. The molecule has 0 aliphatic rings. The summed E-state index contributed by atoms with van der Waals surface area (Å²) in [5, 5.41) is 10.5. The molecule has 1 aromatic carbocycles. The quantitative estimate of drug-likeness (QED) is 0.680. The van der Waals surface area contributed by atoms with Crippen molar-refractivity contribution in [3.63, 3.8) is 0 Å². The molecule has 0 spiro atoms. The third-order valence-electron chi connectivity index (χ3n) is 2.38. The summed E-state index contributed by atoms with van der Waals surface area (Å²) in [5.41, 5.74) is 7.16. The number of hydrogen-bond acceptors (Lipinski definition) is 5. The molecular formula is C11H9BrN4O2. The van der Waals surface area contributed by atoms with Crippen LogP contribution in [0.3, 0.4) is 0 Å². The van der Waals surface area contributed by atoms with Crippen molar-refractivity contribution in [1.29, 1.82) is 0 Å². The first-order valence-electron chi connectivity index (χ1n) is 5.03. The number of aryl methyl sites for hydroxylation is 1. The summed E-state index contributed by atoms with van der Waals surface area (Å²) in [6, 6.07) is 6.01. The van der Waals surface area contributed by atoms with Crippen LogP contribution in [0.2, 0.25) is 0 Å². The first-order valence-corrected chi connectivity index (χ1v) is 5.83. The lowest BCUT2D eigenvalue weighted by molar-refractivity contribution is -0.384. The van der Waals surface area contributed by atoms with Gasteiger partial charge >= 0.3 is 0 Å². The first-order chi connectivity index (χ1) is 8.49. The van der Waals surface area contributed by atoms with E-state index in [-0.39, 0.29) is 5.69 Å². The molecule has 1 heterocycles. The Morgan fingerprint density at radius 1 is 1.28 bits per heavy atom. The van der Waals surface area contributed by atoms with Gasteiger partial charge in [-0.25, -0.2) is 9.97 Å². The first kappa shape index (κ1) is 12.4. The summed E-state index contributed by atoms with van der Waals surface area (Å²) >= 11 is 3.28. The highest BCUT2D eigenvalue weighted by molar-refractivity contribution is 9.10. The second kappa shape index (κ2) is 4.69. The van der Waals surface area contributed by atoms with Crippen molar-refractivity contribution in [2.75, 3.05) is 5.73 Å². The van der Waals surface area contributed by atoms with Crippen LogP contribution in [-0.4, -0.2) is 14.9 Å². The molecule has 0 unspecified atom stereocenters. The smallest absolute Gasteiger partial charge is 0.269 e. The van der Waals surface area contributed by atoms with Crippen molar-refractivity contribution in [1.82, 2.24) is 9.97 Å². The maximum atomic E-state index is 10.5. The van der Waals surface area contributed by atoms with Gasteiger partial charge in [-0.15, -0.1) is 0 Å². The van der Waals surface area contributed by atoms with Crippen LogP contribution in [-0.2, 0) is 0 Å². The monoisotopic (exact) mass is 308 g/mol. The molecule has 0 saturated carbocycles. The molecule has 0 fully saturated rings. The fraction of sp³-hybridized carbons (Fsp3) is 0.0909. The molecule has 2 N–H and O–H groups in total. The fourth-order valence-electron chi connectivity index (χ4n) is 1.44. The number of benzene rings is 1. The summed E-state index contributed by atoms with van der Waals surface area (Å²) < 4.78 is 0.660. The van der Waals surface area contributed by atoms with Crippen LogP contribution >= 0.6 is 15.9 Å². The Hall–Kier alpha value is -2.02. The molecular weight excluding hydrogens is 300 g/mol. The van der Waals surface area contributed by atoms with Crippen LogP contribution in [0.4, 0.5) is 11.5 Å².